The summed E-state index contributed by atoms with van der Waals surface area (Å²) in [6.45, 7) is 12.6. The lowest BCUT2D eigenvalue weighted by atomic mass is 10.1. The van der Waals surface area contributed by atoms with E-state index in [1.165, 1.54) is 0 Å². The van der Waals surface area contributed by atoms with Crippen molar-refractivity contribution < 1.29 is 9.05 Å². The van der Waals surface area contributed by atoms with Crippen molar-refractivity contribution in [1.29, 1.82) is 0 Å². The van der Waals surface area contributed by atoms with Crippen molar-refractivity contribution in [2.75, 3.05) is 0 Å². The molecule has 0 spiro atoms. The Morgan fingerprint density at radius 3 is 1.17 bits per heavy atom. The summed E-state index contributed by atoms with van der Waals surface area (Å²) in [5.74, 6) is 0. The van der Waals surface area contributed by atoms with E-state index in [1.807, 2.05) is 24.3 Å². The molecule has 0 aromatic carbocycles. The smallest absolute Gasteiger partial charge is 0.278 e. The Kier molecular flexibility index (Phi) is 4.69. The van der Waals surface area contributed by atoms with Crippen LogP contribution in [0.2, 0.25) is 39.3 Å². The van der Waals surface area contributed by atoms with Crippen LogP contribution in [-0.2, 0) is 9.05 Å². The van der Waals surface area contributed by atoms with Crippen molar-refractivity contribution in [1.82, 2.24) is 0 Å². The first-order valence-corrected chi connectivity index (χ1v) is 12.9. The maximum absolute atomic E-state index is 5.48. The summed E-state index contributed by atoms with van der Waals surface area (Å²) in [7, 11) is -3.21. The van der Waals surface area contributed by atoms with Crippen molar-refractivity contribution in [3.8, 4) is 0 Å². The molecule has 6 heteroatoms. The van der Waals surface area contributed by atoms with Crippen LogP contribution < -0.4 is 0 Å². The molecule has 0 heterocycles. The van der Waals surface area contributed by atoms with E-state index in [1.54, 1.807) is 0 Å². The molecule has 0 radical (unpaired) electrons. The van der Waals surface area contributed by atoms with Crippen molar-refractivity contribution in [3.63, 3.8) is 0 Å². The Balaban J connectivity index is 2.59. The Bertz CT molecular complexity index is 357. The molecule has 1 rings (SSSR count). The molecule has 1 aliphatic carbocycles. The fourth-order valence-electron chi connectivity index (χ4n) is 0.954. The van der Waals surface area contributed by atoms with E-state index < -0.39 is 16.6 Å². The van der Waals surface area contributed by atoms with Crippen LogP contribution in [0.25, 0.3) is 0 Å². The van der Waals surface area contributed by atoms with Crippen LogP contribution in [0.5, 0.6) is 0 Å². The monoisotopic (exact) mass is 282 g/mol. The Morgan fingerprint density at radius 2 is 0.944 bits per heavy atom. The highest BCUT2D eigenvalue weighted by Gasteiger charge is 2.17. The van der Waals surface area contributed by atoms with Crippen molar-refractivity contribution in [2.24, 2.45) is 10.3 Å². The number of rotatable bonds is 4. The van der Waals surface area contributed by atoms with Gasteiger partial charge in [-0.2, -0.15) is 0 Å². The van der Waals surface area contributed by atoms with Gasteiger partial charge in [0.25, 0.3) is 16.6 Å². The molecule has 0 N–H and O–H groups in total. The molecule has 0 atom stereocenters. The van der Waals surface area contributed by atoms with Crippen LogP contribution in [0.1, 0.15) is 0 Å². The SMILES string of the molecule is C[Si](C)(C)ON=C1C=CC(=NO[Si](C)(C)C)C=C1. The lowest BCUT2D eigenvalue weighted by molar-refractivity contribution is 0.335. The number of nitrogens with zero attached hydrogens (tertiary/aromatic N) is 2. The zero-order chi connectivity index (χ0) is 13.8. The van der Waals surface area contributed by atoms with Crippen molar-refractivity contribution in [2.45, 2.75) is 39.3 Å². The first kappa shape index (κ1) is 14.9. The average Bonchev–Trinajstić information content (AvgIpc) is 2.23. The molecule has 100 valence electrons. The van der Waals surface area contributed by atoms with Crippen LogP contribution in [0.15, 0.2) is 34.6 Å². The largest absolute Gasteiger partial charge is 0.455 e. The highest BCUT2D eigenvalue weighted by molar-refractivity contribution is 6.70. The van der Waals surface area contributed by atoms with Gasteiger partial charge in [0.2, 0.25) is 0 Å². The third kappa shape index (κ3) is 6.56. The van der Waals surface area contributed by atoms with Gasteiger partial charge in [0, 0.05) is 0 Å². The van der Waals surface area contributed by atoms with E-state index in [-0.39, 0.29) is 0 Å². The molecule has 0 amide bonds. The molecule has 0 bridgehead atoms. The molecular formula is C12H22N2O2Si2. The van der Waals surface area contributed by atoms with Gasteiger partial charge in [-0.1, -0.05) is 0 Å². The average molecular weight is 282 g/mol. The zero-order valence-corrected chi connectivity index (χ0v) is 14.0. The first-order valence-electron chi connectivity index (χ1n) is 6.04. The molecule has 18 heavy (non-hydrogen) atoms. The molecule has 1 aliphatic rings. The standard InChI is InChI=1S/C12H22N2O2Si2/c1-17(2,3)15-13-11-7-9-12(10-8-11)14-16-18(4,5)6/h7-10H,1-6H3. The van der Waals surface area contributed by atoms with E-state index in [4.69, 9.17) is 9.05 Å². The summed E-state index contributed by atoms with van der Waals surface area (Å²) in [6.07, 6.45) is 7.53. The second kappa shape index (κ2) is 5.66. The summed E-state index contributed by atoms with van der Waals surface area (Å²) in [5, 5.41) is 8.23. The number of hydrogen-bond donors (Lipinski definition) is 0. The van der Waals surface area contributed by atoms with Gasteiger partial charge in [0.15, 0.2) is 0 Å². The molecule has 4 nitrogen and oxygen atoms in total. The molecule has 0 aromatic rings. The van der Waals surface area contributed by atoms with Crippen LogP contribution in [0.4, 0.5) is 0 Å². The highest BCUT2D eigenvalue weighted by atomic mass is 28.4. The third-order valence-corrected chi connectivity index (χ3v) is 2.98. The molecule has 0 aliphatic heterocycles. The second-order valence-corrected chi connectivity index (χ2v) is 14.9. The van der Waals surface area contributed by atoms with Crippen molar-refractivity contribution >= 4 is 28.1 Å². The van der Waals surface area contributed by atoms with E-state index in [2.05, 4.69) is 49.6 Å². The summed E-state index contributed by atoms with van der Waals surface area (Å²) in [5.41, 5.74) is 1.62. The normalized spacial score (nSPS) is 15.7. The van der Waals surface area contributed by atoms with Gasteiger partial charge in [-0.05, 0) is 63.6 Å². The second-order valence-electron chi connectivity index (χ2n) is 6.11. The highest BCUT2D eigenvalue weighted by Crippen LogP contribution is 2.07. The zero-order valence-electron chi connectivity index (χ0n) is 12.0. The van der Waals surface area contributed by atoms with E-state index >= 15 is 0 Å². The van der Waals surface area contributed by atoms with E-state index in [0.29, 0.717) is 0 Å². The van der Waals surface area contributed by atoms with Gasteiger partial charge in [-0.3, -0.25) is 0 Å². The van der Waals surface area contributed by atoms with Crippen LogP contribution in [0.3, 0.4) is 0 Å². The maximum Gasteiger partial charge on any atom is 0.278 e. The van der Waals surface area contributed by atoms with Gasteiger partial charge in [-0.25, -0.2) is 0 Å². The minimum atomic E-state index is -1.60. The number of oxime groups is 2. The van der Waals surface area contributed by atoms with Gasteiger partial charge >= 0.3 is 0 Å². The first-order chi connectivity index (χ1) is 8.16. The predicted octanol–water partition coefficient (Wildman–Crippen LogP) is 3.53. The quantitative estimate of drug-likeness (QED) is 0.450. The van der Waals surface area contributed by atoms with Gasteiger partial charge in [-0.15, -0.1) is 10.3 Å². The molecular weight excluding hydrogens is 260 g/mol. The summed E-state index contributed by atoms with van der Waals surface area (Å²) in [6, 6.07) is 0. The number of hydrogen-bond acceptors (Lipinski definition) is 4. The van der Waals surface area contributed by atoms with Crippen LogP contribution in [-0.4, -0.2) is 28.1 Å². The van der Waals surface area contributed by atoms with Gasteiger partial charge in [0.1, 0.15) is 11.4 Å². The minimum Gasteiger partial charge on any atom is -0.455 e. The fourth-order valence-corrected chi connectivity index (χ4v) is 1.71. The molecule has 0 aromatic heterocycles. The third-order valence-electron chi connectivity index (χ3n) is 1.70. The van der Waals surface area contributed by atoms with Gasteiger partial charge < -0.3 is 9.05 Å². The van der Waals surface area contributed by atoms with E-state index in [9.17, 15) is 0 Å². The maximum atomic E-state index is 5.48. The summed E-state index contributed by atoms with van der Waals surface area (Å²) < 4.78 is 11.0. The number of allylic oxidation sites excluding steroid dienone is 4. The molecule has 0 fully saturated rings. The molecule has 0 saturated carbocycles. The molecule has 0 saturated heterocycles. The topological polar surface area (TPSA) is 43.2 Å². The minimum absolute atomic E-state index is 0.810. The molecule has 0 unspecified atom stereocenters. The summed E-state index contributed by atoms with van der Waals surface area (Å²) in [4.78, 5) is 0. The summed E-state index contributed by atoms with van der Waals surface area (Å²) >= 11 is 0. The van der Waals surface area contributed by atoms with Crippen molar-refractivity contribution in [3.05, 3.63) is 24.3 Å². The van der Waals surface area contributed by atoms with Gasteiger partial charge in [0.05, 0.1) is 0 Å². The predicted molar refractivity (Wildman–Crippen MR) is 82.0 cm³/mol. The Hall–Kier alpha value is -1.15. The Morgan fingerprint density at radius 1 is 0.667 bits per heavy atom. The fraction of sp³-hybridized carbons (Fsp3) is 0.500. The van der Waals surface area contributed by atoms with Crippen LogP contribution in [0, 0.1) is 0 Å². The lowest BCUT2D eigenvalue weighted by Gasteiger charge is -2.14. The van der Waals surface area contributed by atoms with E-state index in [0.717, 1.165) is 11.4 Å². The Labute approximate surface area is 111 Å². The van der Waals surface area contributed by atoms with Crippen LogP contribution >= 0.6 is 0 Å². The lowest BCUT2D eigenvalue weighted by Crippen LogP contribution is -2.23.